The van der Waals surface area contributed by atoms with Crippen molar-refractivity contribution in [2.75, 3.05) is 13.2 Å². The minimum absolute atomic E-state index is 0.0629. The molecule has 0 aliphatic carbocycles. The molecule has 0 aliphatic heterocycles. The van der Waals surface area contributed by atoms with Gasteiger partial charge in [0.25, 0.3) is 0 Å². The fraction of sp³-hybridized carbons (Fsp3) is 0.500. The molecule has 1 aromatic carbocycles. The number of hydrogen-bond acceptors (Lipinski definition) is 7. The number of guanidine groups is 1. The Labute approximate surface area is 232 Å². The number of hydrogen-bond donors (Lipinski definition) is 9. The second kappa shape index (κ2) is 15.4. The van der Waals surface area contributed by atoms with E-state index in [0.717, 1.165) is 16.5 Å². The van der Waals surface area contributed by atoms with Crippen LogP contribution in [-0.2, 0) is 25.6 Å². The monoisotopic (exact) mass is 560 g/mol. The number of aliphatic imine (C=N–C) groups is 1. The van der Waals surface area contributed by atoms with Crippen LogP contribution in [0.25, 0.3) is 10.9 Å². The topological polar surface area (TPSA) is 251 Å². The van der Waals surface area contributed by atoms with Crippen LogP contribution < -0.4 is 33.2 Å². The molecule has 220 valence electrons. The number of nitrogens with one attached hydrogen (secondary N) is 4. The number of rotatable bonds is 16. The second-order valence-electron chi connectivity index (χ2n) is 9.63. The zero-order valence-corrected chi connectivity index (χ0v) is 22.7. The first-order chi connectivity index (χ1) is 19.0. The first-order valence-electron chi connectivity index (χ1n) is 13.1. The number of benzene rings is 1. The van der Waals surface area contributed by atoms with Gasteiger partial charge >= 0.3 is 5.97 Å². The van der Waals surface area contributed by atoms with Gasteiger partial charge in [0, 0.05) is 23.6 Å². The smallest absolute Gasteiger partial charge is 0.326 e. The van der Waals surface area contributed by atoms with Crippen molar-refractivity contribution < 1.29 is 29.4 Å². The number of carbonyl (C=O) groups excluding carboxylic acids is 3. The number of nitrogens with two attached hydrogens (primary N) is 3. The Morgan fingerprint density at radius 3 is 2.30 bits per heavy atom. The minimum Gasteiger partial charge on any atom is -0.480 e. The number of aliphatic carboxylic acids is 1. The van der Waals surface area contributed by atoms with E-state index in [9.17, 15) is 29.4 Å². The summed E-state index contributed by atoms with van der Waals surface area (Å²) in [7, 11) is 0. The van der Waals surface area contributed by atoms with E-state index in [4.69, 9.17) is 17.2 Å². The summed E-state index contributed by atoms with van der Waals surface area (Å²) in [5, 5.41) is 27.7. The highest BCUT2D eigenvalue weighted by Gasteiger charge is 2.31. The molecule has 3 amide bonds. The van der Waals surface area contributed by atoms with Crippen molar-refractivity contribution in [3.05, 3.63) is 36.0 Å². The van der Waals surface area contributed by atoms with E-state index in [1.54, 1.807) is 20.0 Å². The number of para-hydroxylation sites is 1. The van der Waals surface area contributed by atoms with Crippen LogP contribution in [0.1, 0.15) is 38.7 Å². The molecule has 14 nitrogen and oxygen atoms in total. The number of H-pyrrole nitrogens is 1. The number of carboxylic acid groups (broad SMARTS) is 1. The van der Waals surface area contributed by atoms with E-state index < -0.39 is 54.5 Å². The Kier molecular flexibility index (Phi) is 12.4. The van der Waals surface area contributed by atoms with Crippen molar-refractivity contribution in [2.45, 2.75) is 63.7 Å². The fourth-order valence-corrected chi connectivity index (χ4v) is 4.08. The predicted molar refractivity (Wildman–Crippen MR) is 150 cm³/mol. The lowest BCUT2D eigenvalue weighted by atomic mass is 9.98. The van der Waals surface area contributed by atoms with E-state index in [-0.39, 0.29) is 37.7 Å². The summed E-state index contributed by atoms with van der Waals surface area (Å²) in [4.78, 5) is 57.4. The SMILES string of the molecule is CCC(C)C(NC(=O)C(CCCN=C(N)N)NC(=O)C(CO)NC(=O)C(N)Cc1c[nH]c2ccccc12)C(=O)O. The molecular weight excluding hydrogens is 520 g/mol. The fourth-order valence-electron chi connectivity index (χ4n) is 4.08. The van der Waals surface area contributed by atoms with Crippen LogP contribution in [0.2, 0.25) is 0 Å². The lowest BCUT2D eigenvalue weighted by Crippen LogP contribution is -2.58. The van der Waals surface area contributed by atoms with Gasteiger partial charge in [0.2, 0.25) is 17.7 Å². The van der Waals surface area contributed by atoms with Crippen LogP contribution >= 0.6 is 0 Å². The van der Waals surface area contributed by atoms with Crippen molar-refractivity contribution in [1.29, 1.82) is 0 Å². The molecule has 0 aliphatic rings. The Morgan fingerprint density at radius 2 is 1.68 bits per heavy atom. The Hall–Kier alpha value is -4.17. The van der Waals surface area contributed by atoms with E-state index in [1.807, 2.05) is 24.3 Å². The maximum absolute atomic E-state index is 13.0. The van der Waals surface area contributed by atoms with Gasteiger partial charge in [-0.15, -0.1) is 0 Å². The van der Waals surface area contributed by atoms with E-state index >= 15 is 0 Å². The molecule has 0 radical (unpaired) electrons. The van der Waals surface area contributed by atoms with Crippen LogP contribution in [0.5, 0.6) is 0 Å². The number of fused-ring (bicyclic) bond motifs is 1. The first kappa shape index (κ1) is 32.0. The Balaban J connectivity index is 2.09. The summed E-state index contributed by atoms with van der Waals surface area (Å²) in [5.41, 5.74) is 18.5. The van der Waals surface area contributed by atoms with Crippen LogP contribution in [-0.4, -0.2) is 82.2 Å². The van der Waals surface area contributed by atoms with Gasteiger partial charge in [-0.25, -0.2) is 4.79 Å². The highest BCUT2D eigenvalue weighted by Crippen LogP contribution is 2.18. The van der Waals surface area contributed by atoms with Gasteiger partial charge in [-0.05, 0) is 36.8 Å². The average Bonchev–Trinajstić information content (AvgIpc) is 3.33. The molecule has 14 heteroatoms. The molecule has 0 saturated heterocycles. The van der Waals surface area contributed by atoms with Gasteiger partial charge < -0.3 is 48.3 Å². The van der Waals surface area contributed by atoms with Crippen molar-refractivity contribution in [3.8, 4) is 0 Å². The number of aromatic nitrogens is 1. The highest BCUT2D eigenvalue weighted by atomic mass is 16.4. The van der Waals surface area contributed by atoms with Gasteiger partial charge in [0.15, 0.2) is 5.96 Å². The number of nitrogens with zero attached hydrogens (tertiary/aromatic N) is 1. The minimum atomic E-state index is -1.40. The van der Waals surface area contributed by atoms with Gasteiger partial charge in [-0.3, -0.25) is 19.4 Å². The van der Waals surface area contributed by atoms with Crippen LogP contribution in [0.4, 0.5) is 0 Å². The number of aliphatic hydroxyl groups excluding tert-OH is 1. The average molecular weight is 561 g/mol. The Bertz CT molecular complexity index is 1190. The molecule has 1 heterocycles. The van der Waals surface area contributed by atoms with Crippen molar-refractivity contribution in [3.63, 3.8) is 0 Å². The van der Waals surface area contributed by atoms with E-state index in [2.05, 4.69) is 25.9 Å². The number of carbonyl (C=O) groups is 4. The predicted octanol–water partition coefficient (Wildman–Crippen LogP) is -1.33. The van der Waals surface area contributed by atoms with Crippen LogP contribution in [0, 0.1) is 5.92 Å². The molecule has 2 aromatic rings. The number of aromatic amines is 1. The normalized spacial score (nSPS) is 14.8. The molecule has 1 aromatic heterocycles. The summed E-state index contributed by atoms with van der Waals surface area (Å²) in [5.74, 6) is -3.96. The van der Waals surface area contributed by atoms with Crippen molar-refractivity contribution in [1.82, 2.24) is 20.9 Å². The molecule has 12 N–H and O–H groups in total. The van der Waals surface area contributed by atoms with Crippen LogP contribution in [0.15, 0.2) is 35.5 Å². The molecule has 5 unspecified atom stereocenters. The van der Waals surface area contributed by atoms with Crippen LogP contribution in [0.3, 0.4) is 0 Å². The molecule has 0 spiro atoms. The lowest BCUT2D eigenvalue weighted by Gasteiger charge is -2.26. The van der Waals surface area contributed by atoms with Gasteiger partial charge in [0.05, 0.1) is 12.6 Å². The largest absolute Gasteiger partial charge is 0.480 e. The molecule has 40 heavy (non-hydrogen) atoms. The van der Waals surface area contributed by atoms with E-state index in [0.29, 0.717) is 6.42 Å². The third-order valence-corrected chi connectivity index (χ3v) is 6.62. The first-order valence-corrected chi connectivity index (χ1v) is 13.1. The van der Waals surface area contributed by atoms with Gasteiger partial charge in [-0.1, -0.05) is 38.5 Å². The molecule has 5 atom stereocenters. The Morgan fingerprint density at radius 1 is 1.02 bits per heavy atom. The second-order valence-corrected chi connectivity index (χ2v) is 9.63. The quantitative estimate of drug-likeness (QED) is 0.0669. The highest BCUT2D eigenvalue weighted by molar-refractivity contribution is 5.94. The molecule has 0 bridgehead atoms. The standard InChI is InChI=1S/C26H40N8O6/c1-3-14(2)21(25(39)40)34-23(37)19(9-6-10-30-26(28)29)32-24(38)20(13-35)33-22(36)17(27)11-15-12-31-18-8-5-4-7-16(15)18/h4-5,7-8,12,14,17,19-21,31,35H,3,6,9-11,13,27H2,1-2H3,(H,32,38)(H,33,36)(H,34,37)(H,39,40)(H4,28,29,30). The lowest BCUT2D eigenvalue weighted by molar-refractivity contribution is -0.144. The summed E-state index contributed by atoms with van der Waals surface area (Å²) >= 11 is 0. The zero-order valence-electron chi connectivity index (χ0n) is 22.7. The number of carboxylic acids is 1. The summed E-state index contributed by atoms with van der Waals surface area (Å²) in [6.07, 6.45) is 2.77. The van der Waals surface area contributed by atoms with Crippen molar-refractivity contribution in [2.24, 2.45) is 28.1 Å². The van der Waals surface area contributed by atoms with Crippen molar-refractivity contribution >= 4 is 40.6 Å². The summed E-state index contributed by atoms with van der Waals surface area (Å²) in [6, 6.07) is 2.74. The molecule has 0 fully saturated rings. The zero-order chi connectivity index (χ0) is 29.8. The van der Waals surface area contributed by atoms with Gasteiger partial charge in [0.1, 0.15) is 18.1 Å². The molecule has 2 rings (SSSR count). The molecule has 0 saturated carbocycles. The molecular formula is C26H40N8O6. The number of aliphatic hydroxyl groups is 1. The summed E-state index contributed by atoms with van der Waals surface area (Å²) in [6.45, 7) is 2.88. The third-order valence-electron chi connectivity index (χ3n) is 6.62. The number of amides is 3. The third kappa shape index (κ3) is 9.24. The summed E-state index contributed by atoms with van der Waals surface area (Å²) < 4.78 is 0. The van der Waals surface area contributed by atoms with Gasteiger partial charge in [-0.2, -0.15) is 0 Å². The maximum atomic E-state index is 13.0. The van der Waals surface area contributed by atoms with E-state index in [1.165, 1.54) is 0 Å². The maximum Gasteiger partial charge on any atom is 0.326 e.